The van der Waals surface area contributed by atoms with Crippen molar-refractivity contribution in [2.24, 2.45) is 5.73 Å². The predicted molar refractivity (Wildman–Crippen MR) is 55.8 cm³/mol. The third kappa shape index (κ3) is 3.27. The minimum atomic E-state index is -0.429. The molecule has 1 aromatic rings. The number of hydrogen-bond acceptors (Lipinski definition) is 3. The molecule has 0 bridgehead atoms. The number of nitrogens with zero attached hydrogens (tertiary/aromatic N) is 1. The van der Waals surface area contributed by atoms with Crippen molar-refractivity contribution >= 4 is 23.4 Å². The van der Waals surface area contributed by atoms with Crippen LogP contribution in [-0.2, 0) is 0 Å². The zero-order valence-corrected chi connectivity index (χ0v) is 8.48. The first-order valence-electron chi connectivity index (χ1n) is 3.76. The van der Waals surface area contributed by atoms with E-state index < -0.39 is 6.04 Å². The summed E-state index contributed by atoms with van der Waals surface area (Å²) in [5.41, 5.74) is 5.45. The second kappa shape index (κ2) is 5.13. The molecule has 0 radical (unpaired) electrons. The van der Waals surface area contributed by atoms with Crippen molar-refractivity contribution in [1.82, 2.24) is 0 Å². The van der Waals surface area contributed by atoms with Crippen LogP contribution in [0.3, 0.4) is 0 Å². The van der Waals surface area contributed by atoms with E-state index in [1.807, 2.05) is 30.3 Å². The van der Waals surface area contributed by atoms with Crippen LogP contribution >= 0.6 is 23.4 Å². The Bertz CT molecular complexity index is 322. The number of halogens is 1. The van der Waals surface area contributed by atoms with E-state index in [4.69, 9.17) is 22.6 Å². The molecule has 0 aliphatic rings. The summed E-state index contributed by atoms with van der Waals surface area (Å²) < 4.78 is 0. The Balaban J connectivity index is 2.56. The Morgan fingerprint density at radius 1 is 1.54 bits per heavy atom. The highest BCUT2D eigenvalue weighted by atomic mass is 35.5. The minimum absolute atomic E-state index is 0.429. The van der Waals surface area contributed by atoms with Gasteiger partial charge in [0.05, 0.1) is 11.1 Å². The van der Waals surface area contributed by atoms with Gasteiger partial charge >= 0.3 is 0 Å². The van der Waals surface area contributed by atoms with Crippen LogP contribution in [0.1, 0.15) is 0 Å². The molecule has 0 saturated heterocycles. The van der Waals surface area contributed by atoms with Crippen LogP contribution in [0.4, 0.5) is 0 Å². The Kier molecular flexibility index (Phi) is 4.10. The van der Waals surface area contributed by atoms with Gasteiger partial charge in [0.25, 0.3) is 0 Å². The molecule has 68 valence electrons. The van der Waals surface area contributed by atoms with Crippen LogP contribution in [0.5, 0.6) is 0 Å². The highest BCUT2D eigenvalue weighted by molar-refractivity contribution is 7.99. The summed E-state index contributed by atoms with van der Waals surface area (Å²) in [5.74, 6) is 0.570. The van der Waals surface area contributed by atoms with Crippen molar-refractivity contribution in [3.05, 3.63) is 29.3 Å². The van der Waals surface area contributed by atoms with Crippen LogP contribution in [0, 0.1) is 11.3 Å². The van der Waals surface area contributed by atoms with E-state index in [0.29, 0.717) is 10.8 Å². The Morgan fingerprint density at radius 2 is 2.23 bits per heavy atom. The zero-order chi connectivity index (χ0) is 9.68. The quantitative estimate of drug-likeness (QED) is 0.783. The number of nitrogens with two attached hydrogens (primary N) is 1. The standard InChI is InChI=1S/C9H9ClN2S/c10-8-3-1-2-4-9(8)13-6-7(12)5-11/h1-4,7H,6,12H2. The monoisotopic (exact) mass is 212 g/mol. The van der Waals surface area contributed by atoms with E-state index in [2.05, 4.69) is 0 Å². The van der Waals surface area contributed by atoms with Gasteiger partial charge in [0.1, 0.15) is 6.04 Å². The van der Waals surface area contributed by atoms with Crippen molar-refractivity contribution < 1.29 is 0 Å². The van der Waals surface area contributed by atoms with Crippen LogP contribution in [-0.4, -0.2) is 11.8 Å². The fraction of sp³-hybridized carbons (Fsp3) is 0.222. The van der Waals surface area contributed by atoms with Crippen molar-refractivity contribution in [3.8, 4) is 6.07 Å². The summed E-state index contributed by atoms with van der Waals surface area (Å²) in [6.45, 7) is 0. The van der Waals surface area contributed by atoms with Gasteiger partial charge in [0.2, 0.25) is 0 Å². The molecule has 0 saturated carbocycles. The van der Waals surface area contributed by atoms with Crippen LogP contribution < -0.4 is 5.73 Å². The maximum atomic E-state index is 8.46. The molecule has 0 amide bonds. The summed E-state index contributed by atoms with van der Waals surface area (Å²) in [6.07, 6.45) is 0. The largest absolute Gasteiger partial charge is 0.315 e. The highest BCUT2D eigenvalue weighted by Crippen LogP contribution is 2.26. The summed E-state index contributed by atoms with van der Waals surface area (Å²) in [5, 5.41) is 9.17. The van der Waals surface area contributed by atoms with Gasteiger partial charge < -0.3 is 5.73 Å². The number of nitriles is 1. The fourth-order valence-electron chi connectivity index (χ4n) is 0.779. The average molecular weight is 213 g/mol. The van der Waals surface area contributed by atoms with Crippen molar-refractivity contribution in [3.63, 3.8) is 0 Å². The van der Waals surface area contributed by atoms with Gasteiger partial charge in [-0.05, 0) is 12.1 Å². The molecule has 1 unspecified atom stereocenters. The molecule has 2 nitrogen and oxygen atoms in total. The molecule has 2 N–H and O–H groups in total. The molecular formula is C9H9ClN2S. The number of rotatable bonds is 3. The minimum Gasteiger partial charge on any atom is -0.315 e. The molecule has 0 spiro atoms. The maximum Gasteiger partial charge on any atom is 0.102 e. The second-order valence-corrected chi connectivity index (χ2v) is 3.95. The van der Waals surface area contributed by atoms with Gasteiger partial charge in [-0.2, -0.15) is 5.26 Å². The van der Waals surface area contributed by atoms with Gasteiger partial charge in [-0.1, -0.05) is 23.7 Å². The van der Waals surface area contributed by atoms with Crippen LogP contribution in [0.15, 0.2) is 29.2 Å². The molecule has 13 heavy (non-hydrogen) atoms. The van der Waals surface area contributed by atoms with E-state index in [1.165, 1.54) is 11.8 Å². The maximum absolute atomic E-state index is 8.46. The fourth-order valence-corrected chi connectivity index (χ4v) is 1.89. The van der Waals surface area contributed by atoms with E-state index in [0.717, 1.165) is 4.90 Å². The summed E-state index contributed by atoms with van der Waals surface area (Å²) in [6, 6.07) is 9.05. The first-order chi connectivity index (χ1) is 6.24. The average Bonchev–Trinajstić information content (AvgIpc) is 2.16. The highest BCUT2D eigenvalue weighted by Gasteiger charge is 2.03. The first kappa shape index (κ1) is 10.4. The summed E-state index contributed by atoms with van der Waals surface area (Å²) in [7, 11) is 0. The lowest BCUT2D eigenvalue weighted by atomic mass is 10.4. The smallest absolute Gasteiger partial charge is 0.102 e. The lowest BCUT2D eigenvalue weighted by Crippen LogP contribution is -2.19. The van der Waals surface area contributed by atoms with E-state index in [9.17, 15) is 0 Å². The Morgan fingerprint density at radius 3 is 2.85 bits per heavy atom. The van der Waals surface area contributed by atoms with E-state index in [-0.39, 0.29) is 0 Å². The van der Waals surface area contributed by atoms with Crippen molar-refractivity contribution in [1.29, 1.82) is 5.26 Å². The normalized spacial score (nSPS) is 12.1. The third-order valence-corrected chi connectivity index (χ3v) is 3.06. The predicted octanol–water partition coefficient (Wildman–Crippen LogP) is 2.28. The number of thioether (sulfide) groups is 1. The van der Waals surface area contributed by atoms with Crippen molar-refractivity contribution in [2.75, 3.05) is 5.75 Å². The second-order valence-electron chi connectivity index (χ2n) is 2.48. The number of benzene rings is 1. The Hall–Kier alpha value is -0.690. The van der Waals surface area contributed by atoms with Gasteiger partial charge in [-0.25, -0.2) is 0 Å². The molecule has 0 aromatic heterocycles. The summed E-state index contributed by atoms with van der Waals surface area (Å²) in [4.78, 5) is 0.967. The van der Waals surface area contributed by atoms with E-state index in [1.54, 1.807) is 0 Å². The molecule has 0 fully saturated rings. The lowest BCUT2D eigenvalue weighted by Gasteiger charge is -2.04. The molecule has 1 aromatic carbocycles. The lowest BCUT2D eigenvalue weighted by molar-refractivity contribution is 0.953. The van der Waals surface area contributed by atoms with Gasteiger partial charge in [-0.15, -0.1) is 11.8 Å². The Labute approximate surface area is 86.7 Å². The van der Waals surface area contributed by atoms with Gasteiger partial charge in [0, 0.05) is 10.6 Å². The third-order valence-electron chi connectivity index (χ3n) is 1.42. The summed E-state index contributed by atoms with van der Waals surface area (Å²) >= 11 is 7.41. The van der Waals surface area contributed by atoms with Crippen LogP contribution in [0.2, 0.25) is 5.02 Å². The van der Waals surface area contributed by atoms with E-state index >= 15 is 0 Å². The molecule has 1 atom stereocenters. The SMILES string of the molecule is N#CC(N)CSc1ccccc1Cl. The van der Waals surface area contributed by atoms with Crippen LogP contribution in [0.25, 0.3) is 0 Å². The molecule has 0 aliphatic heterocycles. The topological polar surface area (TPSA) is 49.8 Å². The molecule has 0 heterocycles. The van der Waals surface area contributed by atoms with Gasteiger partial charge in [0.15, 0.2) is 0 Å². The molecule has 1 rings (SSSR count). The van der Waals surface area contributed by atoms with Gasteiger partial charge in [-0.3, -0.25) is 0 Å². The number of hydrogen-bond donors (Lipinski definition) is 1. The molecule has 4 heteroatoms. The molecule has 0 aliphatic carbocycles. The molecular weight excluding hydrogens is 204 g/mol. The van der Waals surface area contributed by atoms with Crippen molar-refractivity contribution in [2.45, 2.75) is 10.9 Å². The zero-order valence-electron chi connectivity index (χ0n) is 6.90. The first-order valence-corrected chi connectivity index (χ1v) is 5.13.